The summed E-state index contributed by atoms with van der Waals surface area (Å²) in [5.41, 5.74) is 1.19. The van der Waals surface area contributed by atoms with E-state index in [2.05, 4.69) is 10.2 Å². The van der Waals surface area contributed by atoms with Gasteiger partial charge in [0.15, 0.2) is 0 Å². The average molecular weight is 240 g/mol. The van der Waals surface area contributed by atoms with E-state index in [1.54, 1.807) is 24.3 Å². The van der Waals surface area contributed by atoms with Crippen LogP contribution in [0.3, 0.4) is 0 Å². The molecular formula is C14H9FN2O. The van der Waals surface area contributed by atoms with Crippen molar-refractivity contribution < 1.29 is 4.39 Å². The Balaban J connectivity index is 2.33. The molecule has 4 heteroatoms. The summed E-state index contributed by atoms with van der Waals surface area (Å²) in [7, 11) is 0. The maximum Gasteiger partial charge on any atom is 0.272 e. The minimum atomic E-state index is -0.299. The number of aromatic amines is 1. The van der Waals surface area contributed by atoms with Crippen molar-refractivity contribution in [2.75, 3.05) is 0 Å². The molecule has 0 unspecified atom stereocenters. The molecule has 1 aromatic heterocycles. The van der Waals surface area contributed by atoms with Crippen LogP contribution in [0.4, 0.5) is 4.39 Å². The molecular weight excluding hydrogens is 231 g/mol. The van der Waals surface area contributed by atoms with Gasteiger partial charge in [0.1, 0.15) is 5.82 Å². The van der Waals surface area contributed by atoms with Crippen LogP contribution >= 0.6 is 0 Å². The summed E-state index contributed by atoms with van der Waals surface area (Å²) in [6, 6.07) is 13.2. The van der Waals surface area contributed by atoms with Gasteiger partial charge < -0.3 is 0 Å². The highest BCUT2D eigenvalue weighted by Gasteiger charge is 2.07. The molecule has 0 fully saturated rings. The Bertz CT molecular complexity index is 763. The maximum atomic E-state index is 12.9. The van der Waals surface area contributed by atoms with E-state index >= 15 is 0 Å². The first-order chi connectivity index (χ1) is 8.75. The number of H-pyrrole nitrogens is 1. The lowest BCUT2D eigenvalue weighted by atomic mass is 10.1. The lowest BCUT2D eigenvalue weighted by Gasteiger charge is -2.04. The molecule has 0 radical (unpaired) electrons. The number of hydrogen-bond acceptors (Lipinski definition) is 2. The van der Waals surface area contributed by atoms with E-state index in [0.29, 0.717) is 11.1 Å². The monoisotopic (exact) mass is 240 g/mol. The third kappa shape index (κ3) is 1.68. The quantitative estimate of drug-likeness (QED) is 0.710. The van der Waals surface area contributed by atoms with Gasteiger partial charge in [-0.05, 0) is 30.3 Å². The van der Waals surface area contributed by atoms with E-state index in [-0.39, 0.29) is 11.4 Å². The Morgan fingerprint density at radius 1 is 0.944 bits per heavy atom. The van der Waals surface area contributed by atoms with Crippen LogP contribution < -0.4 is 5.56 Å². The number of halogens is 1. The maximum absolute atomic E-state index is 12.9. The van der Waals surface area contributed by atoms with Gasteiger partial charge in [0, 0.05) is 10.9 Å². The Hall–Kier alpha value is -2.49. The Labute approximate surface area is 102 Å². The molecule has 2 aromatic carbocycles. The molecule has 0 aliphatic rings. The first-order valence-corrected chi connectivity index (χ1v) is 5.49. The fourth-order valence-corrected chi connectivity index (χ4v) is 1.94. The molecule has 1 N–H and O–H groups in total. The predicted octanol–water partition coefficient (Wildman–Crippen LogP) is 2.73. The van der Waals surface area contributed by atoms with Gasteiger partial charge in [0.05, 0.1) is 11.1 Å². The van der Waals surface area contributed by atoms with E-state index in [4.69, 9.17) is 0 Å². The molecule has 88 valence electrons. The molecule has 0 saturated carbocycles. The number of fused-ring (bicyclic) bond motifs is 1. The van der Waals surface area contributed by atoms with Crippen molar-refractivity contribution in [3.05, 3.63) is 64.7 Å². The highest BCUT2D eigenvalue weighted by Crippen LogP contribution is 2.23. The summed E-state index contributed by atoms with van der Waals surface area (Å²) in [6.45, 7) is 0. The van der Waals surface area contributed by atoms with Gasteiger partial charge in [0.2, 0.25) is 0 Å². The van der Waals surface area contributed by atoms with Crippen LogP contribution in [-0.2, 0) is 0 Å². The van der Waals surface area contributed by atoms with E-state index in [1.165, 1.54) is 12.1 Å². The predicted molar refractivity (Wildman–Crippen MR) is 67.8 cm³/mol. The summed E-state index contributed by atoms with van der Waals surface area (Å²) in [6.07, 6.45) is 0. The van der Waals surface area contributed by atoms with Crippen LogP contribution in [0, 0.1) is 5.82 Å². The topological polar surface area (TPSA) is 45.8 Å². The molecule has 1 heterocycles. The van der Waals surface area contributed by atoms with Crippen LogP contribution in [0.25, 0.3) is 22.0 Å². The molecule has 0 spiro atoms. The zero-order chi connectivity index (χ0) is 12.5. The van der Waals surface area contributed by atoms with Crippen LogP contribution in [0.1, 0.15) is 0 Å². The van der Waals surface area contributed by atoms with Crippen molar-refractivity contribution in [1.82, 2.24) is 10.2 Å². The molecule has 0 atom stereocenters. The zero-order valence-corrected chi connectivity index (χ0v) is 9.35. The number of nitrogens with one attached hydrogen (secondary N) is 1. The van der Waals surface area contributed by atoms with Gasteiger partial charge in [-0.3, -0.25) is 4.79 Å². The molecule has 18 heavy (non-hydrogen) atoms. The van der Waals surface area contributed by atoms with Crippen molar-refractivity contribution in [3.8, 4) is 11.3 Å². The van der Waals surface area contributed by atoms with Crippen molar-refractivity contribution in [2.45, 2.75) is 0 Å². The summed E-state index contributed by atoms with van der Waals surface area (Å²) < 4.78 is 12.9. The molecule has 0 aliphatic carbocycles. The molecule has 3 rings (SSSR count). The molecule has 3 aromatic rings. The van der Waals surface area contributed by atoms with Crippen LogP contribution in [0.15, 0.2) is 53.3 Å². The van der Waals surface area contributed by atoms with Crippen molar-refractivity contribution in [1.29, 1.82) is 0 Å². The Morgan fingerprint density at radius 3 is 2.33 bits per heavy atom. The van der Waals surface area contributed by atoms with Gasteiger partial charge >= 0.3 is 0 Å². The van der Waals surface area contributed by atoms with Crippen LogP contribution in [-0.4, -0.2) is 10.2 Å². The summed E-state index contributed by atoms with van der Waals surface area (Å²) in [4.78, 5) is 11.6. The minimum absolute atomic E-state index is 0.225. The lowest BCUT2D eigenvalue weighted by Crippen LogP contribution is -2.09. The summed E-state index contributed by atoms with van der Waals surface area (Å²) in [5, 5.41) is 7.84. The number of aromatic nitrogens is 2. The van der Waals surface area contributed by atoms with Crippen molar-refractivity contribution >= 4 is 10.8 Å². The van der Waals surface area contributed by atoms with E-state index in [1.807, 2.05) is 12.1 Å². The lowest BCUT2D eigenvalue weighted by molar-refractivity contribution is 0.628. The molecule has 0 saturated heterocycles. The van der Waals surface area contributed by atoms with Gasteiger partial charge in [0.25, 0.3) is 5.56 Å². The SMILES string of the molecule is O=c1[nH]nc(-c2ccc(F)cc2)c2ccccc12. The minimum Gasteiger partial charge on any atom is -0.267 e. The summed E-state index contributed by atoms with van der Waals surface area (Å²) >= 11 is 0. The largest absolute Gasteiger partial charge is 0.272 e. The fourth-order valence-electron chi connectivity index (χ4n) is 1.94. The van der Waals surface area contributed by atoms with E-state index in [0.717, 1.165) is 10.9 Å². The van der Waals surface area contributed by atoms with Gasteiger partial charge in [-0.2, -0.15) is 5.10 Å². The number of nitrogens with zero attached hydrogens (tertiary/aromatic N) is 1. The molecule has 0 amide bonds. The Kier molecular flexibility index (Phi) is 2.41. The number of hydrogen-bond donors (Lipinski definition) is 1. The third-order valence-electron chi connectivity index (χ3n) is 2.81. The Morgan fingerprint density at radius 2 is 1.61 bits per heavy atom. The van der Waals surface area contributed by atoms with Crippen LogP contribution in [0.2, 0.25) is 0 Å². The zero-order valence-electron chi connectivity index (χ0n) is 9.35. The molecule has 0 bridgehead atoms. The standard InChI is InChI=1S/C14H9FN2O/c15-10-7-5-9(6-8-10)13-11-3-1-2-4-12(11)14(18)17-16-13/h1-8H,(H,17,18). The smallest absolute Gasteiger partial charge is 0.267 e. The normalized spacial score (nSPS) is 10.7. The first-order valence-electron chi connectivity index (χ1n) is 5.49. The fraction of sp³-hybridized carbons (Fsp3) is 0. The third-order valence-corrected chi connectivity index (χ3v) is 2.81. The highest BCUT2D eigenvalue weighted by atomic mass is 19.1. The van der Waals surface area contributed by atoms with Gasteiger partial charge in [-0.25, -0.2) is 9.49 Å². The van der Waals surface area contributed by atoms with Crippen molar-refractivity contribution in [3.63, 3.8) is 0 Å². The second-order valence-corrected chi connectivity index (χ2v) is 3.95. The average Bonchev–Trinajstić information content (AvgIpc) is 2.41. The molecule has 3 nitrogen and oxygen atoms in total. The van der Waals surface area contributed by atoms with Crippen molar-refractivity contribution in [2.24, 2.45) is 0 Å². The number of benzene rings is 2. The number of rotatable bonds is 1. The second kappa shape index (κ2) is 4.07. The van der Waals surface area contributed by atoms with Gasteiger partial charge in [-0.15, -0.1) is 0 Å². The first kappa shape index (κ1) is 10.7. The van der Waals surface area contributed by atoms with E-state index < -0.39 is 0 Å². The summed E-state index contributed by atoms with van der Waals surface area (Å²) in [5.74, 6) is -0.299. The van der Waals surface area contributed by atoms with Crippen LogP contribution in [0.5, 0.6) is 0 Å². The molecule has 0 aliphatic heterocycles. The second-order valence-electron chi connectivity index (χ2n) is 3.95. The highest BCUT2D eigenvalue weighted by molar-refractivity contribution is 5.93. The van der Waals surface area contributed by atoms with Gasteiger partial charge in [-0.1, -0.05) is 18.2 Å². The van der Waals surface area contributed by atoms with E-state index in [9.17, 15) is 9.18 Å².